The molecule has 2 aromatic rings. The summed E-state index contributed by atoms with van der Waals surface area (Å²) in [6, 6.07) is 8.58. The largest absolute Gasteiger partial charge is 0.279 e. The molecule has 98 valence electrons. The number of benzene rings is 1. The van der Waals surface area contributed by atoms with Crippen LogP contribution in [0, 0.1) is 11.3 Å². The van der Waals surface area contributed by atoms with Crippen molar-refractivity contribution in [3.8, 4) is 6.07 Å². The first-order valence-corrected chi connectivity index (χ1v) is 7.75. The molecule has 0 bridgehead atoms. The van der Waals surface area contributed by atoms with Gasteiger partial charge in [0.15, 0.2) is 5.03 Å². The lowest BCUT2D eigenvalue weighted by Crippen LogP contribution is -2.09. The number of hydrogen-bond acceptors (Lipinski definition) is 4. The Kier molecular flexibility index (Phi) is 3.80. The first-order chi connectivity index (χ1) is 8.91. The summed E-state index contributed by atoms with van der Waals surface area (Å²) >= 11 is 5.76. The summed E-state index contributed by atoms with van der Waals surface area (Å²) in [5, 5.41) is 13.0. The highest BCUT2D eigenvalue weighted by molar-refractivity contribution is 8.13. The molecular weight excluding hydrogens is 309 g/mol. The van der Waals surface area contributed by atoms with E-state index in [-0.39, 0.29) is 17.1 Å². The van der Waals surface area contributed by atoms with Gasteiger partial charge in [-0.3, -0.25) is 0 Å². The third-order valence-corrected chi connectivity index (χ3v) is 3.97. The minimum absolute atomic E-state index is 0.0797. The first-order valence-electron chi connectivity index (χ1n) is 5.07. The maximum atomic E-state index is 11.5. The average Bonchev–Trinajstić information content (AvgIpc) is 2.75. The van der Waals surface area contributed by atoms with Gasteiger partial charge in [-0.25, -0.2) is 13.1 Å². The Labute approximate surface area is 119 Å². The van der Waals surface area contributed by atoms with E-state index in [1.165, 1.54) is 10.9 Å². The predicted molar refractivity (Wildman–Crippen MR) is 70.5 cm³/mol. The molecule has 0 saturated heterocycles. The van der Waals surface area contributed by atoms with Crippen LogP contribution in [0.25, 0.3) is 0 Å². The lowest BCUT2D eigenvalue weighted by Gasteiger charge is -2.05. The fourth-order valence-corrected chi connectivity index (χ4v) is 2.92. The molecule has 0 aliphatic carbocycles. The highest BCUT2D eigenvalue weighted by Crippen LogP contribution is 2.20. The molecule has 1 heterocycles. The lowest BCUT2D eigenvalue weighted by atomic mass is 10.2. The van der Waals surface area contributed by atoms with Crippen molar-refractivity contribution in [3.05, 3.63) is 46.6 Å². The van der Waals surface area contributed by atoms with Gasteiger partial charge in [0.2, 0.25) is 0 Å². The van der Waals surface area contributed by atoms with E-state index >= 15 is 0 Å². The van der Waals surface area contributed by atoms with Crippen LogP contribution >= 0.6 is 22.3 Å². The third kappa shape index (κ3) is 3.07. The zero-order valence-electron chi connectivity index (χ0n) is 9.42. The summed E-state index contributed by atoms with van der Waals surface area (Å²) in [5.74, 6) is 0. The number of nitrogens with zero attached hydrogens (tertiary/aromatic N) is 3. The molecule has 19 heavy (non-hydrogen) atoms. The van der Waals surface area contributed by atoms with Gasteiger partial charge in [0.25, 0.3) is 9.05 Å². The molecule has 8 heteroatoms. The first kappa shape index (κ1) is 13.9. The Morgan fingerprint density at radius 3 is 2.47 bits per heavy atom. The fraction of sp³-hybridized carbons (Fsp3) is 0.0909. The van der Waals surface area contributed by atoms with E-state index in [1.807, 2.05) is 0 Å². The number of hydrogen-bond donors (Lipinski definition) is 0. The van der Waals surface area contributed by atoms with Crippen molar-refractivity contribution in [2.45, 2.75) is 11.6 Å². The Morgan fingerprint density at radius 1 is 1.32 bits per heavy atom. The van der Waals surface area contributed by atoms with Gasteiger partial charge >= 0.3 is 0 Å². The maximum absolute atomic E-state index is 11.5. The van der Waals surface area contributed by atoms with Crippen molar-refractivity contribution in [1.82, 2.24) is 9.78 Å². The molecule has 0 amide bonds. The number of rotatable bonds is 3. The smallest absolute Gasteiger partial charge is 0.247 e. The Bertz CT molecular complexity index is 745. The Balaban J connectivity index is 2.45. The number of halogens is 2. The molecule has 2 rings (SSSR count). The standard InChI is InChI=1S/C11H7Cl2N3O2S/c12-10-3-1-8(2-4-10)7-16-11(19(13,17)18)9(5-14)6-15-16/h1-4,6H,7H2. The van der Waals surface area contributed by atoms with E-state index in [0.29, 0.717) is 5.02 Å². The molecule has 0 aliphatic heterocycles. The van der Waals surface area contributed by atoms with Crippen LogP contribution in [0.5, 0.6) is 0 Å². The molecule has 0 saturated carbocycles. The molecule has 0 aliphatic rings. The monoisotopic (exact) mass is 315 g/mol. The summed E-state index contributed by atoms with van der Waals surface area (Å²) in [6.07, 6.45) is 1.17. The quantitative estimate of drug-likeness (QED) is 0.815. The summed E-state index contributed by atoms with van der Waals surface area (Å²) in [4.78, 5) is 0. The zero-order chi connectivity index (χ0) is 14.0. The van der Waals surface area contributed by atoms with Gasteiger partial charge in [-0.2, -0.15) is 10.4 Å². The van der Waals surface area contributed by atoms with E-state index in [0.717, 1.165) is 5.56 Å². The van der Waals surface area contributed by atoms with Crippen molar-refractivity contribution >= 4 is 31.3 Å². The minimum Gasteiger partial charge on any atom is -0.247 e. The van der Waals surface area contributed by atoms with Gasteiger partial charge in [-0.15, -0.1) is 0 Å². The zero-order valence-corrected chi connectivity index (χ0v) is 11.7. The SMILES string of the molecule is N#Cc1cnn(Cc2ccc(Cl)cc2)c1S(=O)(=O)Cl. The molecule has 1 aromatic carbocycles. The summed E-state index contributed by atoms with van der Waals surface area (Å²) < 4.78 is 24.1. The maximum Gasteiger partial charge on any atom is 0.279 e. The van der Waals surface area contributed by atoms with Gasteiger partial charge < -0.3 is 0 Å². The van der Waals surface area contributed by atoms with Crippen LogP contribution in [-0.2, 0) is 15.6 Å². The molecule has 1 aromatic heterocycles. The van der Waals surface area contributed by atoms with Crippen LogP contribution in [0.4, 0.5) is 0 Å². The average molecular weight is 316 g/mol. The molecule has 0 N–H and O–H groups in total. The molecule has 5 nitrogen and oxygen atoms in total. The van der Waals surface area contributed by atoms with Crippen LogP contribution in [0.3, 0.4) is 0 Å². The molecule has 0 radical (unpaired) electrons. The van der Waals surface area contributed by atoms with Crippen LogP contribution in [0.15, 0.2) is 35.5 Å². The van der Waals surface area contributed by atoms with Crippen molar-refractivity contribution in [3.63, 3.8) is 0 Å². The van der Waals surface area contributed by atoms with E-state index in [9.17, 15) is 8.42 Å². The topological polar surface area (TPSA) is 75.8 Å². The summed E-state index contributed by atoms with van der Waals surface area (Å²) in [6.45, 7) is 0.181. The van der Waals surface area contributed by atoms with E-state index < -0.39 is 9.05 Å². The lowest BCUT2D eigenvalue weighted by molar-refractivity contribution is 0.573. The van der Waals surface area contributed by atoms with Gasteiger partial charge in [0.05, 0.1) is 12.7 Å². The molecule has 0 atom stereocenters. The predicted octanol–water partition coefficient (Wildman–Crippen LogP) is 2.38. The summed E-state index contributed by atoms with van der Waals surface area (Å²) in [5.41, 5.74) is 0.711. The highest BCUT2D eigenvalue weighted by Gasteiger charge is 2.22. The van der Waals surface area contributed by atoms with Crippen molar-refractivity contribution in [2.24, 2.45) is 0 Å². The molecule has 0 unspecified atom stereocenters. The Morgan fingerprint density at radius 2 is 1.95 bits per heavy atom. The summed E-state index contributed by atoms with van der Waals surface area (Å²) in [7, 11) is 1.28. The second-order valence-corrected chi connectivity index (χ2v) is 6.61. The van der Waals surface area contributed by atoms with Gasteiger partial charge in [-0.05, 0) is 17.7 Å². The number of aromatic nitrogens is 2. The van der Waals surface area contributed by atoms with Crippen LogP contribution in [0.2, 0.25) is 5.02 Å². The van der Waals surface area contributed by atoms with Crippen molar-refractivity contribution < 1.29 is 8.42 Å². The van der Waals surface area contributed by atoms with E-state index in [2.05, 4.69) is 5.10 Å². The van der Waals surface area contributed by atoms with Crippen molar-refractivity contribution in [1.29, 1.82) is 5.26 Å². The second kappa shape index (κ2) is 5.21. The van der Waals surface area contributed by atoms with Crippen LogP contribution < -0.4 is 0 Å². The Hall–Kier alpha value is -1.55. The normalized spacial score (nSPS) is 11.2. The van der Waals surface area contributed by atoms with Crippen molar-refractivity contribution in [2.75, 3.05) is 0 Å². The van der Waals surface area contributed by atoms with Gasteiger partial charge in [0.1, 0.15) is 11.6 Å². The highest BCUT2D eigenvalue weighted by atomic mass is 35.7. The molecule has 0 spiro atoms. The minimum atomic E-state index is -4.04. The second-order valence-electron chi connectivity index (χ2n) is 3.70. The third-order valence-electron chi connectivity index (χ3n) is 2.39. The van der Waals surface area contributed by atoms with Crippen LogP contribution in [0.1, 0.15) is 11.1 Å². The molecular formula is C11H7Cl2N3O2S. The van der Waals surface area contributed by atoms with E-state index in [4.69, 9.17) is 27.5 Å². The number of nitriles is 1. The van der Waals surface area contributed by atoms with Gasteiger partial charge in [0, 0.05) is 15.7 Å². The van der Waals surface area contributed by atoms with E-state index in [1.54, 1.807) is 30.3 Å². The molecule has 0 fully saturated rings. The van der Waals surface area contributed by atoms with Crippen LogP contribution in [-0.4, -0.2) is 18.2 Å². The fourth-order valence-electron chi connectivity index (χ4n) is 1.58. The van der Waals surface area contributed by atoms with Gasteiger partial charge in [-0.1, -0.05) is 23.7 Å².